The fraction of sp³-hybridized carbons (Fsp3) is 0.312. The third-order valence-corrected chi connectivity index (χ3v) is 8.38. The Balaban J connectivity index is 1.20. The number of amides is 5. The Morgan fingerprint density at radius 1 is 1.02 bits per heavy atom. The van der Waals surface area contributed by atoms with Crippen molar-refractivity contribution >= 4 is 29.4 Å². The number of nitrogens with one attached hydrogen (secondary N) is 3. The van der Waals surface area contributed by atoms with E-state index in [1.54, 1.807) is 12.1 Å². The van der Waals surface area contributed by atoms with Gasteiger partial charge >= 0.3 is 12.2 Å². The quantitative estimate of drug-likeness (QED) is 0.314. The fourth-order valence-corrected chi connectivity index (χ4v) is 5.82. The Hall–Kier alpha value is -4.87. The molecule has 2 heterocycles. The lowest BCUT2D eigenvalue weighted by molar-refractivity contribution is -0.160. The SMILES string of the molecule is O=C1CCC(N2Cc3c(ccc(CNC(=O)Nc4cccc(C5(C(F)(F)F)CC5)c4)c3OCc3ccccc3)C2=O)C(=O)N1. The first-order chi connectivity index (χ1) is 21.1. The highest BCUT2D eigenvalue weighted by Crippen LogP contribution is 2.59. The number of anilines is 1. The number of urea groups is 1. The van der Waals surface area contributed by atoms with Gasteiger partial charge < -0.3 is 20.3 Å². The molecule has 3 N–H and O–H groups in total. The largest absolute Gasteiger partial charge is 0.488 e. The maximum absolute atomic E-state index is 13.6. The van der Waals surface area contributed by atoms with Crippen LogP contribution in [0.15, 0.2) is 66.7 Å². The van der Waals surface area contributed by atoms with Gasteiger partial charge in [0.25, 0.3) is 5.91 Å². The Labute approximate surface area is 250 Å². The number of piperidine rings is 1. The summed E-state index contributed by atoms with van der Waals surface area (Å²) in [5.74, 6) is -0.881. The Morgan fingerprint density at radius 3 is 2.50 bits per heavy atom. The number of fused-ring (bicyclic) bond motifs is 1. The summed E-state index contributed by atoms with van der Waals surface area (Å²) in [5, 5.41) is 7.62. The first kappa shape index (κ1) is 29.2. The molecule has 2 fully saturated rings. The predicted molar refractivity (Wildman–Crippen MR) is 153 cm³/mol. The molecule has 0 radical (unpaired) electrons. The first-order valence-electron chi connectivity index (χ1n) is 14.2. The average molecular weight is 607 g/mol. The molecule has 1 saturated carbocycles. The second-order valence-electron chi connectivity index (χ2n) is 11.2. The molecule has 1 atom stereocenters. The number of hydrogen-bond acceptors (Lipinski definition) is 5. The van der Waals surface area contributed by atoms with Crippen molar-refractivity contribution in [2.24, 2.45) is 0 Å². The lowest BCUT2D eigenvalue weighted by atomic mass is 9.95. The van der Waals surface area contributed by atoms with Crippen LogP contribution in [0.4, 0.5) is 23.7 Å². The van der Waals surface area contributed by atoms with Gasteiger partial charge in [0, 0.05) is 35.3 Å². The topological polar surface area (TPSA) is 117 Å². The monoisotopic (exact) mass is 606 g/mol. The van der Waals surface area contributed by atoms with Gasteiger partial charge in [0.05, 0.1) is 12.0 Å². The van der Waals surface area contributed by atoms with Crippen molar-refractivity contribution in [3.8, 4) is 5.75 Å². The lowest BCUT2D eigenvalue weighted by Gasteiger charge is -2.29. The van der Waals surface area contributed by atoms with Crippen LogP contribution in [0.5, 0.6) is 5.75 Å². The minimum atomic E-state index is -4.37. The minimum absolute atomic E-state index is 0.0119. The van der Waals surface area contributed by atoms with Crippen molar-refractivity contribution in [3.05, 3.63) is 94.5 Å². The summed E-state index contributed by atoms with van der Waals surface area (Å²) >= 11 is 0. The molecule has 3 aliphatic rings. The summed E-state index contributed by atoms with van der Waals surface area (Å²) in [5.41, 5.74) is 0.844. The molecule has 9 nitrogen and oxygen atoms in total. The van der Waals surface area contributed by atoms with Gasteiger partial charge in [-0.05, 0) is 48.6 Å². The Bertz CT molecular complexity index is 1640. The second kappa shape index (κ2) is 11.3. The Morgan fingerprint density at radius 2 is 1.80 bits per heavy atom. The number of rotatable bonds is 8. The number of ether oxygens (including phenoxy) is 1. The molecule has 44 heavy (non-hydrogen) atoms. The summed E-state index contributed by atoms with van der Waals surface area (Å²) in [4.78, 5) is 51.8. The zero-order valence-electron chi connectivity index (χ0n) is 23.5. The van der Waals surface area contributed by atoms with Crippen LogP contribution >= 0.6 is 0 Å². The van der Waals surface area contributed by atoms with Gasteiger partial charge in [-0.15, -0.1) is 0 Å². The van der Waals surface area contributed by atoms with E-state index in [0.29, 0.717) is 22.4 Å². The van der Waals surface area contributed by atoms with Gasteiger partial charge in [0.15, 0.2) is 0 Å². The van der Waals surface area contributed by atoms with E-state index in [9.17, 15) is 32.3 Å². The predicted octanol–water partition coefficient (Wildman–Crippen LogP) is 4.94. The lowest BCUT2D eigenvalue weighted by Crippen LogP contribution is -2.52. The van der Waals surface area contributed by atoms with Gasteiger partial charge in [-0.2, -0.15) is 13.2 Å². The molecule has 2 aliphatic heterocycles. The fourth-order valence-electron chi connectivity index (χ4n) is 5.82. The normalized spacial score (nSPS) is 18.8. The summed E-state index contributed by atoms with van der Waals surface area (Å²) in [6.45, 7) is 0.247. The number of halogens is 3. The zero-order valence-corrected chi connectivity index (χ0v) is 23.5. The van der Waals surface area contributed by atoms with Crippen LogP contribution in [0, 0.1) is 0 Å². The molecule has 3 aromatic rings. The molecule has 1 saturated heterocycles. The van der Waals surface area contributed by atoms with Crippen LogP contribution in [0.2, 0.25) is 0 Å². The number of benzene rings is 3. The molecule has 0 aromatic heterocycles. The molecule has 228 valence electrons. The van der Waals surface area contributed by atoms with Crippen molar-refractivity contribution in [1.29, 1.82) is 0 Å². The van der Waals surface area contributed by atoms with Crippen LogP contribution < -0.4 is 20.7 Å². The smallest absolute Gasteiger partial charge is 0.398 e. The maximum atomic E-state index is 13.6. The van der Waals surface area contributed by atoms with Gasteiger partial charge in [-0.25, -0.2) is 4.79 Å². The molecule has 5 amide bonds. The second-order valence-corrected chi connectivity index (χ2v) is 11.2. The van der Waals surface area contributed by atoms with E-state index in [0.717, 1.165) is 5.56 Å². The molecule has 0 spiro atoms. The van der Waals surface area contributed by atoms with E-state index >= 15 is 0 Å². The third kappa shape index (κ3) is 5.59. The van der Waals surface area contributed by atoms with Gasteiger partial charge in [0.1, 0.15) is 18.4 Å². The highest BCUT2D eigenvalue weighted by molar-refractivity contribution is 6.05. The molecule has 12 heteroatoms. The summed E-state index contributed by atoms with van der Waals surface area (Å²) < 4.78 is 47.0. The molecule has 0 bridgehead atoms. The van der Waals surface area contributed by atoms with Gasteiger partial charge in [0.2, 0.25) is 11.8 Å². The van der Waals surface area contributed by atoms with Crippen LogP contribution in [0.3, 0.4) is 0 Å². The van der Waals surface area contributed by atoms with E-state index in [2.05, 4.69) is 16.0 Å². The highest BCUT2D eigenvalue weighted by Gasteiger charge is 2.64. The molecule has 3 aromatic carbocycles. The Kier molecular flexibility index (Phi) is 7.52. The van der Waals surface area contributed by atoms with E-state index in [4.69, 9.17) is 4.74 Å². The summed E-state index contributed by atoms with van der Waals surface area (Å²) in [6.07, 6.45) is -4.01. The van der Waals surface area contributed by atoms with E-state index in [1.165, 1.54) is 29.2 Å². The third-order valence-electron chi connectivity index (χ3n) is 8.38. The molecule has 1 unspecified atom stereocenters. The first-order valence-corrected chi connectivity index (χ1v) is 14.2. The number of carbonyl (C=O) groups is 4. The van der Waals surface area contributed by atoms with Crippen molar-refractivity contribution in [1.82, 2.24) is 15.5 Å². The number of imide groups is 1. The van der Waals surface area contributed by atoms with Crippen molar-refractivity contribution in [2.45, 2.75) is 63.0 Å². The van der Waals surface area contributed by atoms with Crippen molar-refractivity contribution in [2.75, 3.05) is 5.32 Å². The van der Waals surface area contributed by atoms with Crippen LogP contribution in [0.25, 0.3) is 0 Å². The van der Waals surface area contributed by atoms with Crippen molar-refractivity contribution < 1.29 is 37.1 Å². The molecular formula is C32H29F3N4O5. The van der Waals surface area contributed by atoms with E-state index in [-0.39, 0.29) is 68.4 Å². The molecule has 1 aliphatic carbocycles. The number of alkyl halides is 3. The van der Waals surface area contributed by atoms with Crippen molar-refractivity contribution in [3.63, 3.8) is 0 Å². The van der Waals surface area contributed by atoms with E-state index < -0.39 is 29.6 Å². The standard InChI is InChI=1S/C32H29F3N4O5/c33-32(34,35)31(13-14-31)21-7-4-8-22(15-21)37-30(43)36-16-20-9-10-23-24(27(20)44-18-19-5-2-1-3-6-19)17-39(29(23)42)25-11-12-26(40)38-28(25)41/h1-10,15,25H,11-14,16-18H2,(H2,36,37,43)(H,38,40,41). The van der Waals surface area contributed by atoms with Crippen LogP contribution in [-0.2, 0) is 34.7 Å². The average Bonchev–Trinajstić information content (AvgIpc) is 3.76. The molecule has 6 rings (SSSR count). The maximum Gasteiger partial charge on any atom is 0.398 e. The summed E-state index contributed by atoms with van der Waals surface area (Å²) in [7, 11) is 0. The van der Waals surface area contributed by atoms with Crippen LogP contribution in [-0.4, -0.2) is 40.9 Å². The number of carbonyl (C=O) groups excluding carboxylic acids is 4. The minimum Gasteiger partial charge on any atom is -0.488 e. The number of hydrogen-bond donors (Lipinski definition) is 3. The van der Waals surface area contributed by atoms with Gasteiger partial charge in [-0.3, -0.25) is 19.7 Å². The zero-order chi connectivity index (χ0) is 31.1. The highest BCUT2D eigenvalue weighted by atomic mass is 19.4. The number of nitrogens with zero attached hydrogens (tertiary/aromatic N) is 1. The summed E-state index contributed by atoms with van der Waals surface area (Å²) in [6, 6.07) is 17.0. The van der Waals surface area contributed by atoms with Crippen LogP contribution in [0.1, 0.15) is 58.3 Å². The van der Waals surface area contributed by atoms with E-state index in [1.807, 2.05) is 30.3 Å². The molecular weight excluding hydrogens is 577 g/mol. The van der Waals surface area contributed by atoms with Gasteiger partial charge in [-0.1, -0.05) is 48.5 Å².